The van der Waals surface area contributed by atoms with E-state index in [9.17, 15) is 61.0 Å². The number of nitrogens with one attached hydrogen (secondary N) is 1. The molecule has 0 spiro atoms. The molecule has 3 heterocycles. The molecule has 648 valence electrons. The van der Waals surface area contributed by atoms with Gasteiger partial charge in [0.25, 0.3) is 0 Å². The molecule has 0 bridgehead atoms. The van der Waals surface area contributed by atoms with Gasteiger partial charge in [-0.15, -0.1) is 0 Å². The molecule has 3 aliphatic rings. The van der Waals surface area contributed by atoms with Gasteiger partial charge in [0.05, 0.1) is 38.6 Å². The van der Waals surface area contributed by atoms with Gasteiger partial charge in [-0.3, -0.25) is 4.79 Å². The third kappa shape index (κ3) is 49.6. The Balaban J connectivity index is 1.28. The molecule has 0 radical (unpaired) electrons. The van der Waals surface area contributed by atoms with Gasteiger partial charge in [0.1, 0.15) is 73.2 Å². The van der Waals surface area contributed by atoms with E-state index in [0.717, 1.165) is 44.9 Å². The van der Waals surface area contributed by atoms with Crippen LogP contribution >= 0.6 is 0 Å². The molecule has 109 heavy (non-hydrogen) atoms. The van der Waals surface area contributed by atoms with E-state index in [-0.39, 0.29) is 18.9 Å². The summed E-state index contributed by atoms with van der Waals surface area (Å²) in [6.07, 6.45) is 59.5. The van der Waals surface area contributed by atoms with E-state index in [0.29, 0.717) is 12.8 Å². The average Bonchev–Trinajstić information content (AvgIpc) is 0.776. The van der Waals surface area contributed by atoms with Crippen molar-refractivity contribution in [2.24, 2.45) is 0 Å². The third-order valence-corrected chi connectivity index (χ3v) is 23.9. The van der Waals surface area contributed by atoms with Gasteiger partial charge in [-0.25, -0.2) is 0 Å². The molecule has 0 aromatic heterocycles. The van der Waals surface area contributed by atoms with Gasteiger partial charge in [-0.05, 0) is 12.8 Å². The number of amides is 1. The fourth-order valence-electron chi connectivity index (χ4n) is 16.5. The van der Waals surface area contributed by atoms with Crippen molar-refractivity contribution < 1.29 is 89.4 Å². The van der Waals surface area contributed by atoms with Crippen molar-refractivity contribution in [2.45, 2.75) is 542 Å². The summed E-state index contributed by atoms with van der Waals surface area (Å²) in [5, 5.41) is 121. The van der Waals surface area contributed by atoms with Crippen LogP contribution in [0.1, 0.15) is 438 Å². The van der Waals surface area contributed by atoms with Crippen LogP contribution in [0.2, 0.25) is 0 Å². The topological polar surface area (TPSA) is 307 Å². The second-order valence-electron chi connectivity index (χ2n) is 33.8. The van der Waals surface area contributed by atoms with Crippen LogP contribution in [-0.2, 0) is 33.2 Å². The standard InChI is InChI=1S/C90H175NO18/c1-3-5-7-9-11-13-15-17-19-21-23-25-27-29-30-31-32-33-34-35-36-37-38-39-40-41-42-43-44-46-48-50-52-54-56-58-60-62-64-66-68-78(96)91-73(74(95)67-65-63-61-59-57-55-53-51-49-47-45-28-26-24-22-20-18-16-14-12-10-8-6-4-2)72-104-88-84(102)81(99)86(76(70-93)106-88)109-90-85(103)82(100)87(77(71-94)107-90)108-89-83(101)80(98)79(97)75(69-92)105-89/h73-77,79-90,92-95,97-103H,3-72H2,1-2H3,(H,91,96). The first-order valence-electron chi connectivity index (χ1n) is 46.8. The zero-order valence-corrected chi connectivity index (χ0v) is 70.1. The van der Waals surface area contributed by atoms with Gasteiger partial charge in [0, 0.05) is 6.42 Å². The SMILES string of the molecule is CCCCCCCCCCCCCCCCCCCCCCCCCCCCCCCCCCCCCCCCCCC(=O)NC(COC1OC(CO)C(OC2OC(CO)C(OC3OC(CO)C(O)C(O)C3O)C(O)C2O)C(O)C1O)C(O)CCCCCCCCCCCCCCCCCCCCCCCCCC. The van der Waals surface area contributed by atoms with Crippen LogP contribution in [-0.4, -0.2) is 193 Å². The van der Waals surface area contributed by atoms with Crippen molar-refractivity contribution in [3.63, 3.8) is 0 Å². The molecule has 1 amide bonds. The van der Waals surface area contributed by atoms with Crippen LogP contribution in [0.25, 0.3) is 0 Å². The molecule has 0 aromatic carbocycles. The normalized spacial score (nSPS) is 25.2. The Morgan fingerprint density at radius 1 is 0.294 bits per heavy atom. The first kappa shape index (κ1) is 102. The Bertz CT molecular complexity index is 1960. The second kappa shape index (κ2) is 70.9. The van der Waals surface area contributed by atoms with Crippen LogP contribution in [0.3, 0.4) is 0 Å². The number of hydrogen-bond donors (Lipinski definition) is 12. The molecule has 3 aliphatic heterocycles. The lowest BCUT2D eigenvalue weighted by molar-refractivity contribution is -0.379. The highest BCUT2D eigenvalue weighted by Gasteiger charge is 2.54. The Morgan fingerprint density at radius 3 is 0.798 bits per heavy atom. The molecule has 19 heteroatoms. The first-order valence-corrected chi connectivity index (χ1v) is 46.8. The maximum Gasteiger partial charge on any atom is 0.220 e. The molecule has 12 N–H and O–H groups in total. The quantitative estimate of drug-likeness (QED) is 0.0252. The maximum atomic E-state index is 13.5. The molecule has 17 atom stereocenters. The zero-order valence-electron chi connectivity index (χ0n) is 70.1. The number of hydrogen-bond acceptors (Lipinski definition) is 18. The van der Waals surface area contributed by atoms with Crippen molar-refractivity contribution in [1.29, 1.82) is 0 Å². The number of aliphatic hydroxyl groups excluding tert-OH is 11. The van der Waals surface area contributed by atoms with E-state index in [4.69, 9.17) is 28.4 Å². The zero-order chi connectivity index (χ0) is 78.8. The van der Waals surface area contributed by atoms with Crippen molar-refractivity contribution >= 4 is 5.91 Å². The molecule has 0 aliphatic carbocycles. The highest BCUT2D eigenvalue weighted by atomic mass is 16.8. The number of carbonyl (C=O) groups excluding carboxylic acids is 1. The monoisotopic (exact) mass is 1560 g/mol. The number of carbonyl (C=O) groups is 1. The fraction of sp³-hybridized carbons (Fsp3) is 0.989. The lowest BCUT2D eigenvalue weighted by Crippen LogP contribution is -2.66. The van der Waals surface area contributed by atoms with Crippen LogP contribution in [0.5, 0.6) is 0 Å². The number of ether oxygens (including phenoxy) is 6. The lowest BCUT2D eigenvalue weighted by Gasteiger charge is -2.48. The Morgan fingerprint density at radius 2 is 0.523 bits per heavy atom. The molecule has 19 nitrogen and oxygen atoms in total. The molecule has 0 saturated carbocycles. The van der Waals surface area contributed by atoms with Crippen LogP contribution in [0.4, 0.5) is 0 Å². The number of aliphatic hydroxyl groups is 11. The molecular weight excluding hydrogens is 1380 g/mol. The van der Waals surface area contributed by atoms with Crippen LogP contribution in [0, 0.1) is 0 Å². The second-order valence-corrected chi connectivity index (χ2v) is 33.8. The summed E-state index contributed by atoms with van der Waals surface area (Å²) in [4.78, 5) is 13.5. The van der Waals surface area contributed by atoms with E-state index < -0.39 is 124 Å². The van der Waals surface area contributed by atoms with E-state index in [1.807, 2.05) is 0 Å². The largest absolute Gasteiger partial charge is 0.394 e. The van der Waals surface area contributed by atoms with E-state index in [2.05, 4.69) is 19.2 Å². The minimum Gasteiger partial charge on any atom is -0.394 e. The molecule has 3 rings (SSSR count). The van der Waals surface area contributed by atoms with Crippen molar-refractivity contribution in [2.75, 3.05) is 26.4 Å². The van der Waals surface area contributed by atoms with Gasteiger partial charge in [-0.1, -0.05) is 418 Å². The highest BCUT2D eigenvalue weighted by Crippen LogP contribution is 2.34. The van der Waals surface area contributed by atoms with Gasteiger partial charge in [0.2, 0.25) is 5.91 Å². The smallest absolute Gasteiger partial charge is 0.220 e. The molecule has 3 fully saturated rings. The Kier molecular flexibility index (Phi) is 66.4. The van der Waals surface area contributed by atoms with Gasteiger partial charge in [-0.2, -0.15) is 0 Å². The molecular formula is C90H175NO18. The number of unbranched alkanes of at least 4 members (excludes halogenated alkanes) is 62. The van der Waals surface area contributed by atoms with Gasteiger partial charge < -0.3 is 89.9 Å². The van der Waals surface area contributed by atoms with E-state index >= 15 is 0 Å². The van der Waals surface area contributed by atoms with Crippen molar-refractivity contribution in [1.82, 2.24) is 5.32 Å². The summed E-state index contributed by atoms with van der Waals surface area (Å²) in [6, 6.07) is -0.884. The Hall–Kier alpha value is -1.21. The third-order valence-electron chi connectivity index (χ3n) is 23.9. The maximum absolute atomic E-state index is 13.5. The molecule has 0 aromatic rings. The minimum absolute atomic E-state index is 0.231. The fourth-order valence-corrected chi connectivity index (χ4v) is 16.5. The van der Waals surface area contributed by atoms with E-state index in [1.54, 1.807) is 0 Å². The van der Waals surface area contributed by atoms with Gasteiger partial charge in [0.15, 0.2) is 18.9 Å². The van der Waals surface area contributed by atoms with Crippen molar-refractivity contribution in [3.8, 4) is 0 Å². The summed E-state index contributed by atoms with van der Waals surface area (Å²) in [6.45, 7) is 1.89. The van der Waals surface area contributed by atoms with Crippen LogP contribution in [0.15, 0.2) is 0 Å². The minimum atomic E-state index is -1.97. The van der Waals surface area contributed by atoms with E-state index in [1.165, 1.54) is 360 Å². The molecule has 17 unspecified atom stereocenters. The predicted octanol–water partition coefficient (Wildman–Crippen LogP) is 18.1. The average molecular weight is 1560 g/mol. The summed E-state index contributed by atoms with van der Waals surface area (Å²) in [5.74, 6) is -0.231. The summed E-state index contributed by atoms with van der Waals surface area (Å²) in [7, 11) is 0. The lowest BCUT2D eigenvalue weighted by atomic mass is 9.96. The van der Waals surface area contributed by atoms with Gasteiger partial charge >= 0.3 is 0 Å². The first-order chi connectivity index (χ1) is 53.3. The Labute approximate surface area is 665 Å². The predicted molar refractivity (Wildman–Crippen MR) is 439 cm³/mol. The van der Waals surface area contributed by atoms with Crippen molar-refractivity contribution in [3.05, 3.63) is 0 Å². The summed E-state index contributed by atoms with van der Waals surface area (Å²) >= 11 is 0. The summed E-state index contributed by atoms with van der Waals surface area (Å²) in [5.41, 5.74) is 0. The van der Waals surface area contributed by atoms with Crippen LogP contribution < -0.4 is 5.32 Å². The highest BCUT2D eigenvalue weighted by molar-refractivity contribution is 5.76. The summed E-state index contributed by atoms with van der Waals surface area (Å²) < 4.78 is 34.6. The number of rotatable bonds is 78. The molecule has 3 saturated heterocycles.